The molecule has 0 atom stereocenters. The Hall–Kier alpha value is -3.02. The molecule has 0 bridgehead atoms. The van der Waals surface area contributed by atoms with Crippen LogP contribution in [0.1, 0.15) is 24.8 Å². The molecule has 1 heterocycles. The van der Waals surface area contributed by atoms with E-state index in [-0.39, 0.29) is 5.91 Å². The van der Waals surface area contributed by atoms with Crippen molar-refractivity contribution >= 4 is 28.7 Å². The maximum atomic E-state index is 12.0. The summed E-state index contributed by atoms with van der Waals surface area (Å²) in [5.74, 6) is 0.977. The number of fused-ring (bicyclic) bond motifs is 1. The Morgan fingerprint density at radius 3 is 2.74 bits per heavy atom. The van der Waals surface area contributed by atoms with E-state index in [0.29, 0.717) is 36.0 Å². The molecule has 1 amide bonds. The fourth-order valence-electron chi connectivity index (χ4n) is 3.55. The van der Waals surface area contributed by atoms with Crippen LogP contribution in [0.3, 0.4) is 0 Å². The molecule has 27 heavy (non-hydrogen) atoms. The SMILES string of the molecule is CNc1ccc(-c2ccc(OC)c3c2NCCC(=O)N3)cc1C(=N)C1CC1. The molecular weight excluding hydrogens is 340 g/mol. The van der Waals surface area contributed by atoms with Crippen molar-refractivity contribution in [2.24, 2.45) is 5.92 Å². The molecule has 2 aliphatic rings. The molecule has 0 aromatic heterocycles. The van der Waals surface area contributed by atoms with Crippen molar-refractivity contribution in [1.82, 2.24) is 0 Å². The molecular formula is C21H24N4O2. The minimum atomic E-state index is -0.0292. The standard InChI is InChI=1S/C21H24N4O2/c1-23-16-7-5-13(11-15(16)19(22)12-3-4-12)14-6-8-17(27-2)21-20(14)24-10-9-18(26)25-21/h5-8,11-12,22-24H,3-4,9-10H2,1-2H3,(H,25,26). The lowest BCUT2D eigenvalue weighted by Crippen LogP contribution is -2.11. The van der Waals surface area contributed by atoms with Gasteiger partial charge in [0.2, 0.25) is 5.91 Å². The molecule has 4 rings (SSSR count). The summed E-state index contributed by atoms with van der Waals surface area (Å²) in [6, 6.07) is 10.0. The van der Waals surface area contributed by atoms with Crippen molar-refractivity contribution in [2.45, 2.75) is 19.3 Å². The number of rotatable bonds is 5. The largest absolute Gasteiger partial charge is 0.494 e. The summed E-state index contributed by atoms with van der Waals surface area (Å²) >= 11 is 0. The van der Waals surface area contributed by atoms with E-state index in [1.165, 1.54) is 0 Å². The second-order valence-electron chi connectivity index (χ2n) is 6.99. The van der Waals surface area contributed by atoms with E-state index in [1.54, 1.807) is 7.11 Å². The predicted molar refractivity (Wildman–Crippen MR) is 109 cm³/mol. The zero-order chi connectivity index (χ0) is 19.0. The summed E-state index contributed by atoms with van der Waals surface area (Å²) < 4.78 is 5.45. The Balaban J connectivity index is 1.84. The maximum absolute atomic E-state index is 12.0. The molecule has 140 valence electrons. The average molecular weight is 364 g/mol. The highest BCUT2D eigenvalue weighted by atomic mass is 16.5. The summed E-state index contributed by atoms with van der Waals surface area (Å²) in [6.07, 6.45) is 2.60. The minimum absolute atomic E-state index is 0.0292. The summed E-state index contributed by atoms with van der Waals surface area (Å²) in [5.41, 5.74) is 6.14. The van der Waals surface area contributed by atoms with Gasteiger partial charge in [-0.2, -0.15) is 0 Å². The fraction of sp³-hybridized carbons (Fsp3) is 0.333. The van der Waals surface area contributed by atoms with Gasteiger partial charge in [0, 0.05) is 48.5 Å². The van der Waals surface area contributed by atoms with Gasteiger partial charge in [-0.25, -0.2) is 0 Å². The van der Waals surface area contributed by atoms with E-state index in [1.807, 2.05) is 31.3 Å². The van der Waals surface area contributed by atoms with Crippen LogP contribution in [-0.2, 0) is 4.79 Å². The number of hydrogen-bond acceptors (Lipinski definition) is 5. The normalized spacial score (nSPS) is 15.9. The number of hydrogen-bond donors (Lipinski definition) is 4. The smallest absolute Gasteiger partial charge is 0.226 e. The second-order valence-corrected chi connectivity index (χ2v) is 6.99. The topological polar surface area (TPSA) is 86.2 Å². The first-order valence-electron chi connectivity index (χ1n) is 9.28. The summed E-state index contributed by atoms with van der Waals surface area (Å²) in [4.78, 5) is 12.0. The Morgan fingerprint density at radius 1 is 1.22 bits per heavy atom. The van der Waals surface area contributed by atoms with E-state index in [9.17, 15) is 4.79 Å². The number of ether oxygens (including phenoxy) is 1. The van der Waals surface area contributed by atoms with Gasteiger partial charge < -0.3 is 26.1 Å². The first-order chi connectivity index (χ1) is 13.1. The lowest BCUT2D eigenvalue weighted by molar-refractivity contribution is -0.115. The van der Waals surface area contributed by atoms with Crippen LogP contribution in [0.15, 0.2) is 30.3 Å². The van der Waals surface area contributed by atoms with Crippen LogP contribution < -0.4 is 20.7 Å². The van der Waals surface area contributed by atoms with Gasteiger partial charge in [0.25, 0.3) is 0 Å². The minimum Gasteiger partial charge on any atom is -0.494 e. The van der Waals surface area contributed by atoms with Gasteiger partial charge in [-0.05, 0) is 42.7 Å². The van der Waals surface area contributed by atoms with Crippen molar-refractivity contribution in [2.75, 3.05) is 36.7 Å². The van der Waals surface area contributed by atoms with E-state index in [2.05, 4.69) is 22.0 Å². The van der Waals surface area contributed by atoms with Gasteiger partial charge in [0.1, 0.15) is 11.4 Å². The molecule has 0 radical (unpaired) electrons. The van der Waals surface area contributed by atoms with Crippen molar-refractivity contribution < 1.29 is 9.53 Å². The maximum Gasteiger partial charge on any atom is 0.226 e. The van der Waals surface area contributed by atoms with Gasteiger partial charge in [-0.3, -0.25) is 4.79 Å². The highest BCUT2D eigenvalue weighted by Gasteiger charge is 2.29. The third kappa shape index (κ3) is 3.23. The Bertz CT molecular complexity index is 919. The zero-order valence-electron chi connectivity index (χ0n) is 15.6. The molecule has 2 aromatic rings. The summed E-state index contributed by atoms with van der Waals surface area (Å²) in [5, 5.41) is 18.1. The molecule has 6 heteroatoms. The number of nitrogens with one attached hydrogen (secondary N) is 4. The van der Waals surface area contributed by atoms with E-state index < -0.39 is 0 Å². The first kappa shape index (κ1) is 17.4. The molecule has 1 saturated carbocycles. The van der Waals surface area contributed by atoms with Crippen molar-refractivity contribution in [3.63, 3.8) is 0 Å². The Kier molecular flexibility index (Phi) is 4.48. The number of anilines is 3. The molecule has 0 saturated heterocycles. The van der Waals surface area contributed by atoms with E-state index >= 15 is 0 Å². The summed E-state index contributed by atoms with van der Waals surface area (Å²) in [6.45, 7) is 0.568. The molecule has 4 N–H and O–H groups in total. The number of carbonyl (C=O) groups is 1. The average Bonchev–Trinajstić information content (AvgIpc) is 3.53. The summed E-state index contributed by atoms with van der Waals surface area (Å²) in [7, 11) is 3.48. The van der Waals surface area contributed by atoms with Crippen LogP contribution in [0, 0.1) is 11.3 Å². The Labute approximate surface area is 158 Å². The molecule has 0 unspecified atom stereocenters. The number of carbonyl (C=O) groups excluding carboxylic acids is 1. The predicted octanol–water partition coefficient (Wildman–Crippen LogP) is 3.94. The van der Waals surface area contributed by atoms with Crippen molar-refractivity contribution in [1.29, 1.82) is 5.41 Å². The van der Waals surface area contributed by atoms with Crippen LogP contribution in [0.5, 0.6) is 5.75 Å². The van der Waals surface area contributed by atoms with E-state index in [4.69, 9.17) is 10.1 Å². The molecule has 6 nitrogen and oxygen atoms in total. The third-order valence-electron chi connectivity index (χ3n) is 5.18. The number of methoxy groups -OCH3 is 1. The van der Waals surface area contributed by atoms with Crippen LogP contribution in [0.2, 0.25) is 0 Å². The second kappa shape index (κ2) is 6.95. The van der Waals surface area contributed by atoms with Crippen molar-refractivity contribution in [3.05, 3.63) is 35.9 Å². The van der Waals surface area contributed by atoms with Crippen LogP contribution >= 0.6 is 0 Å². The van der Waals surface area contributed by atoms with Gasteiger partial charge in [-0.15, -0.1) is 0 Å². The Morgan fingerprint density at radius 2 is 2.04 bits per heavy atom. The highest BCUT2D eigenvalue weighted by Crippen LogP contribution is 2.43. The number of amides is 1. The van der Waals surface area contributed by atoms with E-state index in [0.717, 1.165) is 40.9 Å². The lowest BCUT2D eigenvalue weighted by atomic mass is 9.95. The zero-order valence-corrected chi connectivity index (χ0v) is 15.6. The molecule has 0 spiro atoms. The van der Waals surface area contributed by atoms with Gasteiger partial charge in [-0.1, -0.05) is 6.07 Å². The first-order valence-corrected chi connectivity index (χ1v) is 9.28. The third-order valence-corrected chi connectivity index (χ3v) is 5.18. The quantitative estimate of drug-likeness (QED) is 0.606. The van der Waals surface area contributed by atoms with Crippen LogP contribution in [0.4, 0.5) is 17.1 Å². The molecule has 1 aliphatic carbocycles. The number of benzene rings is 2. The van der Waals surface area contributed by atoms with Crippen LogP contribution in [0.25, 0.3) is 11.1 Å². The van der Waals surface area contributed by atoms with Gasteiger partial charge >= 0.3 is 0 Å². The lowest BCUT2D eigenvalue weighted by Gasteiger charge is -2.18. The van der Waals surface area contributed by atoms with Crippen molar-refractivity contribution in [3.8, 4) is 16.9 Å². The van der Waals surface area contributed by atoms with Crippen LogP contribution in [-0.4, -0.2) is 32.3 Å². The molecule has 2 aromatic carbocycles. The van der Waals surface area contributed by atoms with Gasteiger partial charge in [0.15, 0.2) is 0 Å². The fourth-order valence-corrected chi connectivity index (χ4v) is 3.55. The molecule has 1 aliphatic heterocycles. The highest BCUT2D eigenvalue weighted by molar-refractivity contribution is 6.07. The molecule has 1 fully saturated rings. The van der Waals surface area contributed by atoms with Gasteiger partial charge in [0.05, 0.1) is 12.8 Å². The monoisotopic (exact) mass is 364 g/mol.